The van der Waals surface area contributed by atoms with E-state index in [1.165, 1.54) is 21.9 Å². The number of rotatable bonds is 5. The zero-order valence-corrected chi connectivity index (χ0v) is 21.3. The Morgan fingerprint density at radius 3 is 2.16 bits per heavy atom. The largest absolute Gasteiger partial charge is 0.399 e. The molecule has 0 amide bonds. The van der Waals surface area contributed by atoms with Crippen LogP contribution in [0.1, 0.15) is 41.5 Å². The summed E-state index contributed by atoms with van der Waals surface area (Å²) in [4.78, 5) is 5.10. The number of amidine groups is 1. The van der Waals surface area contributed by atoms with Crippen molar-refractivity contribution in [3.8, 4) is 11.1 Å². The normalized spacial score (nSPS) is 17.6. The van der Waals surface area contributed by atoms with Gasteiger partial charge in [-0.25, -0.2) is 4.99 Å². The molecule has 38 heavy (non-hydrogen) atoms. The van der Waals surface area contributed by atoms with Crippen molar-refractivity contribution in [3.05, 3.63) is 150 Å². The zero-order valence-electron chi connectivity index (χ0n) is 21.3. The Morgan fingerprint density at radius 2 is 1.42 bits per heavy atom. The maximum atomic E-state index is 6.17. The van der Waals surface area contributed by atoms with Gasteiger partial charge in [-0.3, -0.25) is 5.32 Å². The molecule has 0 radical (unpaired) electrons. The number of hydrogen-bond acceptors (Lipinski definition) is 4. The summed E-state index contributed by atoms with van der Waals surface area (Å²) in [6, 6.07) is 42.2. The first kappa shape index (κ1) is 23.7. The SMILES string of the molecule is C/C=C(\N)c1ccc(-c2ccc3ccccc3c2C2NC(c3ccccc3)=NC(c3ccccc3)N2)cc1. The van der Waals surface area contributed by atoms with Gasteiger partial charge in [0.2, 0.25) is 0 Å². The summed E-state index contributed by atoms with van der Waals surface area (Å²) in [5, 5.41) is 9.94. The molecule has 5 aromatic rings. The van der Waals surface area contributed by atoms with E-state index in [9.17, 15) is 0 Å². The standard InChI is InChI=1S/C34H30N4/c1-2-30(35)25-19-17-24(18-20-25)29-22-21-23-11-9-10-16-28(23)31(29)34-37-32(26-12-5-3-6-13-26)36-33(38-34)27-14-7-4-8-15-27/h2-22,32,34,37H,35H2,1H3,(H,36,38)/b30-2-. The van der Waals surface area contributed by atoms with Crippen molar-refractivity contribution >= 4 is 22.3 Å². The Labute approximate surface area is 223 Å². The highest BCUT2D eigenvalue weighted by molar-refractivity contribution is 6.00. The maximum absolute atomic E-state index is 6.17. The molecule has 0 spiro atoms. The molecule has 5 aromatic carbocycles. The van der Waals surface area contributed by atoms with Gasteiger partial charge in [0.15, 0.2) is 0 Å². The lowest BCUT2D eigenvalue weighted by atomic mass is 9.91. The lowest BCUT2D eigenvalue weighted by molar-refractivity contribution is 0.411. The monoisotopic (exact) mass is 494 g/mol. The number of hydrogen-bond donors (Lipinski definition) is 3. The van der Waals surface area contributed by atoms with Crippen LogP contribution < -0.4 is 16.4 Å². The highest BCUT2D eigenvalue weighted by atomic mass is 15.3. The van der Waals surface area contributed by atoms with Crippen LogP contribution in [-0.4, -0.2) is 5.84 Å². The molecule has 1 aliphatic heterocycles. The summed E-state index contributed by atoms with van der Waals surface area (Å²) < 4.78 is 0. The molecule has 1 aliphatic rings. The van der Waals surface area contributed by atoms with Gasteiger partial charge >= 0.3 is 0 Å². The predicted octanol–water partition coefficient (Wildman–Crippen LogP) is 7.16. The fourth-order valence-corrected chi connectivity index (χ4v) is 5.12. The van der Waals surface area contributed by atoms with E-state index in [2.05, 4.69) is 120 Å². The van der Waals surface area contributed by atoms with Crippen LogP contribution in [0.4, 0.5) is 0 Å². The predicted molar refractivity (Wildman–Crippen MR) is 158 cm³/mol. The Balaban J connectivity index is 1.51. The van der Waals surface area contributed by atoms with Crippen molar-refractivity contribution in [1.29, 1.82) is 0 Å². The molecular weight excluding hydrogens is 464 g/mol. The molecule has 0 bridgehead atoms. The van der Waals surface area contributed by atoms with Crippen LogP contribution in [0.5, 0.6) is 0 Å². The van der Waals surface area contributed by atoms with Crippen molar-refractivity contribution < 1.29 is 0 Å². The van der Waals surface area contributed by atoms with Gasteiger partial charge in [-0.2, -0.15) is 0 Å². The summed E-state index contributed by atoms with van der Waals surface area (Å²) in [6.45, 7) is 1.96. The lowest BCUT2D eigenvalue weighted by Crippen LogP contribution is -2.45. The van der Waals surface area contributed by atoms with E-state index in [-0.39, 0.29) is 12.3 Å². The molecule has 6 rings (SSSR count). The highest BCUT2D eigenvalue weighted by Crippen LogP contribution is 2.37. The van der Waals surface area contributed by atoms with Crippen molar-refractivity contribution in [2.75, 3.05) is 0 Å². The number of benzene rings is 5. The number of fused-ring (bicyclic) bond motifs is 1. The van der Waals surface area contributed by atoms with E-state index in [1.54, 1.807) is 0 Å². The van der Waals surface area contributed by atoms with Crippen molar-refractivity contribution in [2.24, 2.45) is 10.7 Å². The molecule has 2 unspecified atom stereocenters. The fraction of sp³-hybridized carbons (Fsp3) is 0.0882. The quantitative estimate of drug-likeness (QED) is 0.243. The summed E-state index contributed by atoms with van der Waals surface area (Å²) in [5.41, 5.74) is 13.7. The number of nitrogens with zero attached hydrogens (tertiary/aromatic N) is 1. The van der Waals surface area contributed by atoms with Crippen molar-refractivity contribution in [3.63, 3.8) is 0 Å². The van der Waals surface area contributed by atoms with Gasteiger partial charge in [0, 0.05) is 16.8 Å². The van der Waals surface area contributed by atoms with E-state index >= 15 is 0 Å². The summed E-state index contributed by atoms with van der Waals surface area (Å²) >= 11 is 0. The van der Waals surface area contributed by atoms with Crippen molar-refractivity contribution in [1.82, 2.24) is 10.6 Å². The topological polar surface area (TPSA) is 62.4 Å². The molecule has 4 N–H and O–H groups in total. The molecule has 186 valence electrons. The van der Waals surface area contributed by atoms with Gasteiger partial charge in [0.25, 0.3) is 0 Å². The number of allylic oxidation sites excluding steroid dienone is 1. The zero-order chi connectivity index (χ0) is 25.9. The Morgan fingerprint density at radius 1 is 0.737 bits per heavy atom. The van der Waals surface area contributed by atoms with Gasteiger partial charge in [-0.1, -0.05) is 127 Å². The van der Waals surface area contributed by atoms with Gasteiger partial charge in [0.1, 0.15) is 18.2 Å². The molecular formula is C34H30N4. The second-order valence-corrected chi connectivity index (χ2v) is 9.47. The Kier molecular flexibility index (Phi) is 6.47. The molecule has 4 nitrogen and oxygen atoms in total. The van der Waals surface area contributed by atoms with Gasteiger partial charge in [-0.15, -0.1) is 0 Å². The Bertz CT molecular complexity index is 1620. The van der Waals surface area contributed by atoms with Crippen LogP contribution in [0, 0.1) is 0 Å². The lowest BCUT2D eigenvalue weighted by Gasteiger charge is -2.34. The molecule has 0 saturated carbocycles. The second-order valence-electron chi connectivity index (χ2n) is 9.47. The van der Waals surface area contributed by atoms with Gasteiger partial charge in [0.05, 0.1) is 0 Å². The van der Waals surface area contributed by atoms with Crippen LogP contribution in [0.2, 0.25) is 0 Å². The van der Waals surface area contributed by atoms with E-state index < -0.39 is 0 Å². The average molecular weight is 495 g/mol. The maximum Gasteiger partial charge on any atom is 0.131 e. The fourth-order valence-electron chi connectivity index (χ4n) is 5.12. The number of nitrogens with two attached hydrogens (primary N) is 1. The molecule has 2 atom stereocenters. The molecule has 0 aliphatic carbocycles. The third-order valence-electron chi connectivity index (χ3n) is 7.13. The molecule has 0 saturated heterocycles. The van der Waals surface area contributed by atoms with Crippen LogP contribution in [0.15, 0.2) is 132 Å². The summed E-state index contributed by atoms with van der Waals surface area (Å²) in [6.07, 6.45) is 1.57. The molecule has 0 aromatic heterocycles. The van der Waals surface area contributed by atoms with E-state index in [4.69, 9.17) is 10.7 Å². The van der Waals surface area contributed by atoms with Crippen LogP contribution in [-0.2, 0) is 0 Å². The van der Waals surface area contributed by atoms with Crippen LogP contribution in [0.3, 0.4) is 0 Å². The minimum Gasteiger partial charge on any atom is -0.399 e. The molecule has 0 fully saturated rings. The van der Waals surface area contributed by atoms with Crippen LogP contribution in [0.25, 0.3) is 27.6 Å². The van der Waals surface area contributed by atoms with Gasteiger partial charge < -0.3 is 11.1 Å². The minimum absolute atomic E-state index is 0.172. The third-order valence-corrected chi connectivity index (χ3v) is 7.13. The summed E-state index contributed by atoms with van der Waals surface area (Å²) in [5.74, 6) is 0.873. The first-order valence-corrected chi connectivity index (χ1v) is 13.0. The Hall–Kier alpha value is -4.67. The van der Waals surface area contributed by atoms with E-state index in [1.807, 2.05) is 25.1 Å². The first-order valence-electron chi connectivity index (χ1n) is 13.0. The first-order chi connectivity index (χ1) is 18.7. The summed E-state index contributed by atoms with van der Waals surface area (Å²) in [7, 11) is 0. The third kappa shape index (κ3) is 4.58. The van der Waals surface area contributed by atoms with E-state index in [0.717, 1.165) is 33.8 Å². The molecule has 1 heterocycles. The van der Waals surface area contributed by atoms with Crippen molar-refractivity contribution in [2.45, 2.75) is 19.3 Å². The van der Waals surface area contributed by atoms with E-state index in [0.29, 0.717) is 0 Å². The van der Waals surface area contributed by atoms with Crippen LogP contribution >= 0.6 is 0 Å². The average Bonchev–Trinajstić information content (AvgIpc) is 3.01. The molecule has 4 heteroatoms. The number of nitrogens with one attached hydrogen (secondary N) is 2. The highest BCUT2D eigenvalue weighted by Gasteiger charge is 2.28. The smallest absolute Gasteiger partial charge is 0.131 e. The minimum atomic E-state index is -0.193. The second kappa shape index (κ2) is 10.4. The van der Waals surface area contributed by atoms with Gasteiger partial charge in [-0.05, 0) is 39.9 Å². The number of aliphatic imine (C=N–C) groups is 1.